The smallest absolute Gasteiger partial charge is 0.336 e. The van der Waals surface area contributed by atoms with Crippen molar-refractivity contribution in [3.05, 3.63) is 41.3 Å². The van der Waals surface area contributed by atoms with Gasteiger partial charge in [0.2, 0.25) is 0 Å². The number of aryl methyl sites for hydroxylation is 1. The third-order valence-corrected chi connectivity index (χ3v) is 4.31. The average molecular weight is 309 g/mol. The second-order valence-electron chi connectivity index (χ2n) is 4.44. The topological polar surface area (TPSA) is 112 Å². The average Bonchev–Trinajstić information content (AvgIpc) is 2.90. The zero-order valence-corrected chi connectivity index (χ0v) is 12.4. The highest BCUT2D eigenvalue weighted by Crippen LogP contribution is 2.22. The van der Waals surface area contributed by atoms with Crippen LogP contribution in [0.3, 0.4) is 0 Å². The van der Waals surface area contributed by atoms with Crippen LogP contribution in [0.25, 0.3) is 0 Å². The van der Waals surface area contributed by atoms with Gasteiger partial charge < -0.3 is 10.1 Å². The molecule has 0 spiro atoms. The molecule has 2 rings (SSSR count). The Kier molecular flexibility index (Phi) is 3.99. The van der Waals surface area contributed by atoms with Gasteiger partial charge in [0, 0.05) is 6.42 Å². The van der Waals surface area contributed by atoms with Crippen LogP contribution in [0, 0.1) is 6.92 Å². The second kappa shape index (κ2) is 5.57. The van der Waals surface area contributed by atoms with E-state index in [1.165, 1.54) is 24.4 Å². The van der Waals surface area contributed by atoms with Crippen LogP contribution in [0.15, 0.2) is 29.4 Å². The van der Waals surface area contributed by atoms with Crippen LogP contribution in [0.5, 0.6) is 0 Å². The fraction of sp³-hybridized carbons (Fsp3) is 0.231. The molecule has 2 aromatic rings. The van der Waals surface area contributed by atoms with Gasteiger partial charge in [0.25, 0.3) is 10.0 Å². The van der Waals surface area contributed by atoms with Gasteiger partial charge in [-0.3, -0.25) is 4.72 Å². The molecule has 0 fully saturated rings. The SMILES string of the molecule is CCc1ncc(S(=O)(=O)Nc2cccc(C(=O)O)c2C)[nH]1. The number of imidazole rings is 1. The summed E-state index contributed by atoms with van der Waals surface area (Å²) in [6.45, 7) is 3.40. The minimum atomic E-state index is -3.83. The molecule has 7 nitrogen and oxygen atoms in total. The van der Waals surface area contributed by atoms with Gasteiger partial charge in [-0.15, -0.1) is 0 Å². The number of carbonyl (C=O) groups is 1. The van der Waals surface area contributed by atoms with E-state index in [0.717, 1.165) is 0 Å². The van der Waals surface area contributed by atoms with E-state index in [1.54, 1.807) is 6.92 Å². The van der Waals surface area contributed by atoms with Crippen molar-refractivity contribution in [2.75, 3.05) is 4.72 Å². The Morgan fingerprint density at radius 2 is 2.14 bits per heavy atom. The number of aromatic nitrogens is 2. The lowest BCUT2D eigenvalue weighted by atomic mass is 10.1. The quantitative estimate of drug-likeness (QED) is 0.779. The van der Waals surface area contributed by atoms with Gasteiger partial charge in [-0.1, -0.05) is 13.0 Å². The number of aromatic amines is 1. The summed E-state index contributed by atoms with van der Waals surface area (Å²) in [5.74, 6) is -0.547. The molecule has 1 aromatic carbocycles. The molecule has 1 aromatic heterocycles. The molecule has 21 heavy (non-hydrogen) atoms. The molecule has 0 amide bonds. The normalized spacial score (nSPS) is 11.3. The van der Waals surface area contributed by atoms with E-state index in [-0.39, 0.29) is 16.3 Å². The first-order valence-corrected chi connectivity index (χ1v) is 7.73. The highest BCUT2D eigenvalue weighted by molar-refractivity contribution is 7.92. The molecule has 0 aliphatic rings. The Labute approximate surface area is 122 Å². The van der Waals surface area contributed by atoms with E-state index in [9.17, 15) is 13.2 Å². The monoisotopic (exact) mass is 309 g/mol. The number of sulfonamides is 1. The Bertz CT molecular complexity index is 780. The van der Waals surface area contributed by atoms with Crippen molar-refractivity contribution in [1.29, 1.82) is 0 Å². The predicted octanol–water partition coefficient (Wildman–Crippen LogP) is 1.78. The molecular weight excluding hydrogens is 294 g/mol. The Morgan fingerprint density at radius 3 is 2.71 bits per heavy atom. The van der Waals surface area contributed by atoms with E-state index in [4.69, 9.17) is 5.11 Å². The second-order valence-corrected chi connectivity index (χ2v) is 6.09. The Hall–Kier alpha value is -2.35. The Morgan fingerprint density at radius 1 is 1.43 bits per heavy atom. The molecule has 1 heterocycles. The van der Waals surface area contributed by atoms with Crippen molar-refractivity contribution >= 4 is 21.7 Å². The van der Waals surface area contributed by atoms with Gasteiger partial charge in [0.15, 0.2) is 5.03 Å². The lowest BCUT2D eigenvalue weighted by molar-refractivity contribution is 0.0696. The molecule has 0 atom stereocenters. The van der Waals surface area contributed by atoms with Crippen molar-refractivity contribution in [1.82, 2.24) is 9.97 Å². The van der Waals surface area contributed by atoms with Crippen molar-refractivity contribution < 1.29 is 18.3 Å². The minimum Gasteiger partial charge on any atom is -0.478 e. The number of hydrogen-bond donors (Lipinski definition) is 3. The van der Waals surface area contributed by atoms with Crippen molar-refractivity contribution in [3.63, 3.8) is 0 Å². The first-order chi connectivity index (χ1) is 9.85. The molecule has 8 heteroatoms. The van der Waals surface area contributed by atoms with Crippen LogP contribution in [-0.2, 0) is 16.4 Å². The third-order valence-electron chi connectivity index (χ3n) is 3.04. The van der Waals surface area contributed by atoms with Crippen molar-refractivity contribution in [2.45, 2.75) is 25.3 Å². The van der Waals surface area contributed by atoms with Crippen LogP contribution >= 0.6 is 0 Å². The van der Waals surface area contributed by atoms with Crippen LogP contribution in [0.2, 0.25) is 0 Å². The number of nitrogens with one attached hydrogen (secondary N) is 2. The maximum absolute atomic E-state index is 12.2. The number of carboxylic acids is 1. The van der Waals surface area contributed by atoms with Crippen molar-refractivity contribution in [2.24, 2.45) is 0 Å². The predicted molar refractivity (Wildman–Crippen MR) is 76.9 cm³/mol. The summed E-state index contributed by atoms with van der Waals surface area (Å²) in [6.07, 6.45) is 1.82. The van der Waals surface area contributed by atoms with Crippen LogP contribution in [0.1, 0.15) is 28.7 Å². The van der Waals surface area contributed by atoms with E-state index in [1.807, 2.05) is 6.92 Å². The summed E-state index contributed by atoms with van der Waals surface area (Å²) in [4.78, 5) is 17.7. The van der Waals surface area contributed by atoms with Gasteiger partial charge >= 0.3 is 5.97 Å². The standard InChI is InChI=1S/C13H15N3O4S/c1-3-11-14-7-12(15-11)21(19,20)16-10-6-4-5-9(8(10)2)13(17)18/h4-7,16H,3H2,1-2H3,(H,14,15)(H,17,18). The van der Waals surface area contributed by atoms with Gasteiger partial charge in [-0.2, -0.15) is 8.42 Å². The minimum absolute atomic E-state index is 0.0501. The number of anilines is 1. The summed E-state index contributed by atoms with van der Waals surface area (Å²) in [7, 11) is -3.83. The van der Waals surface area contributed by atoms with E-state index in [2.05, 4.69) is 14.7 Å². The summed E-state index contributed by atoms with van der Waals surface area (Å²) in [5, 5.41) is 8.99. The lowest BCUT2D eigenvalue weighted by Crippen LogP contribution is -2.15. The molecule has 0 saturated carbocycles. The zero-order chi connectivity index (χ0) is 15.6. The molecule has 0 radical (unpaired) electrons. The first kappa shape index (κ1) is 15.0. The number of carboxylic acid groups (broad SMARTS) is 1. The van der Waals surface area contributed by atoms with E-state index < -0.39 is 16.0 Å². The number of hydrogen-bond acceptors (Lipinski definition) is 4. The molecule has 0 aliphatic heterocycles. The van der Waals surface area contributed by atoms with Gasteiger partial charge in [0.05, 0.1) is 17.4 Å². The summed E-state index contributed by atoms with van der Waals surface area (Å²) >= 11 is 0. The fourth-order valence-corrected chi connectivity index (χ4v) is 2.90. The molecule has 0 bridgehead atoms. The van der Waals surface area contributed by atoms with E-state index >= 15 is 0 Å². The van der Waals surface area contributed by atoms with Crippen LogP contribution in [0.4, 0.5) is 5.69 Å². The summed E-state index contributed by atoms with van der Waals surface area (Å²) in [5.41, 5.74) is 0.625. The van der Waals surface area contributed by atoms with Gasteiger partial charge in [-0.25, -0.2) is 9.78 Å². The summed E-state index contributed by atoms with van der Waals surface area (Å²) in [6, 6.07) is 4.41. The first-order valence-electron chi connectivity index (χ1n) is 6.24. The highest BCUT2D eigenvalue weighted by atomic mass is 32.2. The highest BCUT2D eigenvalue weighted by Gasteiger charge is 2.19. The van der Waals surface area contributed by atoms with Crippen LogP contribution < -0.4 is 4.72 Å². The van der Waals surface area contributed by atoms with Crippen LogP contribution in [-0.4, -0.2) is 29.5 Å². The van der Waals surface area contributed by atoms with E-state index in [0.29, 0.717) is 17.8 Å². The number of benzene rings is 1. The van der Waals surface area contributed by atoms with Crippen molar-refractivity contribution in [3.8, 4) is 0 Å². The molecule has 0 unspecified atom stereocenters. The molecule has 112 valence electrons. The largest absolute Gasteiger partial charge is 0.478 e. The fourth-order valence-electron chi connectivity index (χ4n) is 1.84. The molecule has 3 N–H and O–H groups in total. The third kappa shape index (κ3) is 3.05. The number of H-pyrrole nitrogens is 1. The zero-order valence-electron chi connectivity index (χ0n) is 11.5. The van der Waals surface area contributed by atoms with Gasteiger partial charge in [0.1, 0.15) is 5.82 Å². The molecular formula is C13H15N3O4S. The van der Waals surface area contributed by atoms with Gasteiger partial charge in [-0.05, 0) is 24.6 Å². The number of nitrogens with zero attached hydrogens (tertiary/aromatic N) is 1. The number of rotatable bonds is 5. The number of aromatic carboxylic acids is 1. The molecule has 0 saturated heterocycles. The Balaban J connectivity index is 2.37. The maximum Gasteiger partial charge on any atom is 0.336 e. The lowest BCUT2D eigenvalue weighted by Gasteiger charge is -2.11. The molecule has 0 aliphatic carbocycles. The summed E-state index contributed by atoms with van der Waals surface area (Å²) < 4.78 is 26.8. The maximum atomic E-state index is 12.2.